The maximum atomic E-state index is 11.7. The van der Waals surface area contributed by atoms with Gasteiger partial charge in [-0.1, -0.05) is 0 Å². The lowest BCUT2D eigenvalue weighted by molar-refractivity contribution is -0.129. The fraction of sp³-hybridized carbons (Fsp3) is 0.467. The Kier molecular flexibility index (Phi) is 3.54. The monoisotopic (exact) mass is 336 g/mol. The molecule has 2 fully saturated rings. The molecule has 1 aromatic carbocycles. The van der Waals surface area contributed by atoms with Crippen molar-refractivity contribution in [3.8, 4) is 0 Å². The Labute approximate surface area is 126 Å². The van der Waals surface area contributed by atoms with Gasteiger partial charge in [0, 0.05) is 47.8 Å². The van der Waals surface area contributed by atoms with Crippen molar-refractivity contribution >= 4 is 33.3 Å². The summed E-state index contributed by atoms with van der Waals surface area (Å²) >= 11 is 3.47. The summed E-state index contributed by atoms with van der Waals surface area (Å²) in [6, 6.07) is 6.22. The second-order valence-corrected chi connectivity index (χ2v) is 6.30. The molecule has 2 aliphatic heterocycles. The van der Waals surface area contributed by atoms with Crippen LogP contribution in [0.4, 0.5) is 5.69 Å². The highest BCUT2D eigenvalue weighted by Gasteiger charge is 2.35. The summed E-state index contributed by atoms with van der Waals surface area (Å²) < 4.78 is 0.840. The number of carbonyl (C=O) groups excluding carboxylic acids is 2. The van der Waals surface area contributed by atoms with Crippen molar-refractivity contribution in [2.45, 2.75) is 25.8 Å². The lowest BCUT2D eigenvalue weighted by Gasteiger charge is -2.39. The molecule has 3 rings (SSSR count). The van der Waals surface area contributed by atoms with Crippen LogP contribution in [0.3, 0.4) is 0 Å². The van der Waals surface area contributed by atoms with Crippen molar-refractivity contribution in [3.63, 3.8) is 0 Å². The summed E-state index contributed by atoms with van der Waals surface area (Å²) in [5, 5.41) is 0. The van der Waals surface area contributed by atoms with Gasteiger partial charge in [-0.25, -0.2) is 0 Å². The largest absolute Gasteiger partial charge is 0.368 e. The zero-order chi connectivity index (χ0) is 14.3. The predicted molar refractivity (Wildman–Crippen MR) is 81.1 cm³/mol. The molecule has 0 N–H and O–H groups in total. The highest BCUT2D eigenvalue weighted by molar-refractivity contribution is 9.10. The SMILES string of the molecule is CC(=O)c1ccc(N2CCN3C(=O)CCC3C2)cc1Br. The van der Waals surface area contributed by atoms with Crippen molar-refractivity contribution < 1.29 is 9.59 Å². The Morgan fingerprint density at radius 1 is 1.35 bits per heavy atom. The van der Waals surface area contributed by atoms with Gasteiger partial charge in [-0.05, 0) is 47.5 Å². The van der Waals surface area contributed by atoms with Crippen LogP contribution in [-0.2, 0) is 4.79 Å². The van der Waals surface area contributed by atoms with Crippen LogP contribution < -0.4 is 4.90 Å². The van der Waals surface area contributed by atoms with Crippen LogP contribution in [0.5, 0.6) is 0 Å². The van der Waals surface area contributed by atoms with Crippen molar-refractivity contribution in [3.05, 3.63) is 28.2 Å². The quantitative estimate of drug-likeness (QED) is 0.779. The molecule has 0 aromatic heterocycles. The fourth-order valence-electron chi connectivity index (χ4n) is 3.09. The van der Waals surface area contributed by atoms with Crippen molar-refractivity contribution in [1.29, 1.82) is 0 Å². The first kappa shape index (κ1) is 13.6. The number of hydrogen-bond donors (Lipinski definition) is 0. The minimum absolute atomic E-state index is 0.0645. The minimum Gasteiger partial charge on any atom is -0.368 e. The van der Waals surface area contributed by atoms with Crippen LogP contribution in [0.15, 0.2) is 22.7 Å². The predicted octanol–water partition coefficient (Wildman–Crippen LogP) is 2.46. The van der Waals surface area contributed by atoms with Gasteiger partial charge in [0.2, 0.25) is 5.91 Å². The van der Waals surface area contributed by atoms with Gasteiger partial charge in [-0.3, -0.25) is 9.59 Å². The lowest BCUT2D eigenvalue weighted by Crippen LogP contribution is -2.51. The second kappa shape index (κ2) is 5.20. The van der Waals surface area contributed by atoms with Gasteiger partial charge in [0.25, 0.3) is 0 Å². The first-order valence-electron chi connectivity index (χ1n) is 6.91. The number of ketones is 1. The normalized spacial score (nSPS) is 22.1. The molecule has 2 heterocycles. The first-order valence-corrected chi connectivity index (χ1v) is 7.70. The minimum atomic E-state index is 0.0645. The molecule has 1 unspecified atom stereocenters. The number of piperazine rings is 1. The van der Waals surface area contributed by atoms with Crippen molar-refractivity contribution in [2.75, 3.05) is 24.5 Å². The van der Waals surface area contributed by atoms with Crippen LogP contribution in [0.2, 0.25) is 0 Å². The van der Waals surface area contributed by atoms with Gasteiger partial charge in [-0.15, -0.1) is 0 Å². The standard InChI is InChI=1S/C15H17BrN2O2/c1-10(19)13-4-2-11(8-14(13)16)17-6-7-18-12(9-17)3-5-15(18)20/h2,4,8,12H,3,5-7,9H2,1H3. The number of Topliss-reactive ketones (excluding diaryl/α,β-unsaturated/α-hetero) is 1. The van der Waals surface area contributed by atoms with E-state index in [4.69, 9.17) is 0 Å². The number of anilines is 1. The third-order valence-electron chi connectivity index (χ3n) is 4.19. The Balaban J connectivity index is 1.79. The van der Waals surface area contributed by atoms with Gasteiger partial charge in [0.1, 0.15) is 0 Å². The van der Waals surface area contributed by atoms with E-state index in [9.17, 15) is 9.59 Å². The Hall–Kier alpha value is -1.36. The van der Waals surface area contributed by atoms with E-state index in [0.717, 1.165) is 36.2 Å². The molecular weight excluding hydrogens is 320 g/mol. The lowest BCUT2D eigenvalue weighted by atomic mass is 10.1. The Morgan fingerprint density at radius 3 is 2.85 bits per heavy atom. The van der Waals surface area contributed by atoms with Gasteiger partial charge >= 0.3 is 0 Å². The number of benzene rings is 1. The van der Waals surface area contributed by atoms with E-state index < -0.39 is 0 Å². The molecule has 0 spiro atoms. The number of amides is 1. The molecule has 20 heavy (non-hydrogen) atoms. The number of nitrogens with zero attached hydrogens (tertiary/aromatic N) is 2. The molecule has 4 nitrogen and oxygen atoms in total. The van der Waals surface area contributed by atoms with E-state index in [1.807, 2.05) is 23.1 Å². The molecular formula is C15H17BrN2O2. The van der Waals surface area contributed by atoms with Gasteiger partial charge < -0.3 is 9.80 Å². The van der Waals surface area contributed by atoms with E-state index in [-0.39, 0.29) is 5.78 Å². The molecule has 106 valence electrons. The summed E-state index contributed by atoms with van der Waals surface area (Å²) in [5.41, 5.74) is 1.82. The fourth-order valence-corrected chi connectivity index (χ4v) is 3.73. The third-order valence-corrected chi connectivity index (χ3v) is 4.85. The zero-order valence-corrected chi connectivity index (χ0v) is 13.0. The van der Waals surface area contributed by atoms with Crippen LogP contribution in [0, 0.1) is 0 Å². The van der Waals surface area contributed by atoms with Crippen LogP contribution in [0.25, 0.3) is 0 Å². The van der Waals surface area contributed by atoms with E-state index in [1.165, 1.54) is 0 Å². The molecule has 0 radical (unpaired) electrons. The number of halogens is 1. The number of carbonyl (C=O) groups is 2. The smallest absolute Gasteiger partial charge is 0.223 e. The van der Waals surface area contributed by atoms with E-state index >= 15 is 0 Å². The Bertz CT molecular complexity index is 573. The molecule has 1 aromatic rings. The van der Waals surface area contributed by atoms with E-state index in [0.29, 0.717) is 23.9 Å². The summed E-state index contributed by atoms with van der Waals surface area (Å²) in [5.74, 6) is 0.359. The van der Waals surface area contributed by atoms with Gasteiger partial charge in [-0.2, -0.15) is 0 Å². The molecule has 2 saturated heterocycles. The second-order valence-electron chi connectivity index (χ2n) is 5.45. The molecule has 2 aliphatic rings. The van der Waals surface area contributed by atoms with E-state index in [1.54, 1.807) is 6.92 Å². The highest BCUT2D eigenvalue weighted by Crippen LogP contribution is 2.29. The summed E-state index contributed by atoms with van der Waals surface area (Å²) in [6.45, 7) is 4.12. The van der Waals surface area contributed by atoms with Gasteiger partial charge in [0.15, 0.2) is 5.78 Å². The van der Waals surface area contributed by atoms with Crippen molar-refractivity contribution in [1.82, 2.24) is 4.90 Å². The Morgan fingerprint density at radius 2 is 2.15 bits per heavy atom. The van der Waals surface area contributed by atoms with Crippen LogP contribution >= 0.6 is 15.9 Å². The topological polar surface area (TPSA) is 40.6 Å². The maximum absolute atomic E-state index is 11.7. The zero-order valence-electron chi connectivity index (χ0n) is 11.4. The number of hydrogen-bond acceptors (Lipinski definition) is 3. The number of fused-ring (bicyclic) bond motifs is 1. The van der Waals surface area contributed by atoms with Crippen LogP contribution in [0.1, 0.15) is 30.1 Å². The number of rotatable bonds is 2. The molecule has 1 atom stereocenters. The molecule has 0 bridgehead atoms. The average molecular weight is 337 g/mol. The average Bonchev–Trinajstić information content (AvgIpc) is 2.79. The molecule has 5 heteroatoms. The molecule has 0 aliphatic carbocycles. The van der Waals surface area contributed by atoms with E-state index in [2.05, 4.69) is 20.8 Å². The maximum Gasteiger partial charge on any atom is 0.223 e. The summed E-state index contributed by atoms with van der Waals surface area (Å²) in [6.07, 6.45) is 1.65. The first-order chi connectivity index (χ1) is 9.56. The third kappa shape index (κ3) is 2.35. The van der Waals surface area contributed by atoms with Crippen LogP contribution in [-0.4, -0.2) is 42.3 Å². The van der Waals surface area contributed by atoms with Gasteiger partial charge in [0.05, 0.1) is 0 Å². The summed E-state index contributed by atoms with van der Waals surface area (Å²) in [7, 11) is 0. The van der Waals surface area contributed by atoms with Crippen molar-refractivity contribution in [2.24, 2.45) is 0 Å². The summed E-state index contributed by atoms with van der Waals surface area (Å²) in [4.78, 5) is 27.4. The molecule has 0 saturated carbocycles. The highest BCUT2D eigenvalue weighted by atomic mass is 79.9. The molecule has 1 amide bonds.